The van der Waals surface area contributed by atoms with Crippen LogP contribution in [0.5, 0.6) is 0 Å². The third-order valence-electron chi connectivity index (χ3n) is 2.85. The Hall–Kier alpha value is -0.610. The first-order valence-corrected chi connectivity index (χ1v) is 13.9. The van der Waals surface area contributed by atoms with Crippen molar-refractivity contribution in [2.75, 3.05) is 0 Å². The molecule has 0 N–H and O–H groups in total. The van der Waals surface area contributed by atoms with Gasteiger partial charge in [0, 0.05) is 9.83 Å². The maximum absolute atomic E-state index is 12.1. The van der Waals surface area contributed by atoms with Crippen LogP contribution in [0.2, 0.25) is 0 Å². The number of rotatable bonds is 6. The first kappa shape index (κ1) is 18.7. The van der Waals surface area contributed by atoms with Crippen LogP contribution in [-0.2, 0) is 17.7 Å². The first-order valence-electron chi connectivity index (χ1n) is 6.38. The van der Waals surface area contributed by atoms with Crippen molar-refractivity contribution >= 4 is 47.2 Å². The van der Waals surface area contributed by atoms with Crippen LogP contribution >= 0.6 is 29.5 Å². The average molecular weight is 407 g/mol. The summed E-state index contributed by atoms with van der Waals surface area (Å²) in [7, 11) is -5.40. The quantitative estimate of drug-likeness (QED) is 0.658. The van der Waals surface area contributed by atoms with Crippen LogP contribution in [0, 0.1) is 13.8 Å². The highest BCUT2D eigenvalue weighted by Gasteiger charge is 2.21. The molecule has 0 radical (unpaired) electrons. The van der Waals surface area contributed by atoms with Gasteiger partial charge >= 0.3 is 0 Å². The number of benzene rings is 2. The van der Waals surface area contributed by atoms with Crippen molar-refractivity contribution in [3.05, 3.63) is 59.7 Å². The maximum atomic E-state index is 12.1. The van der Waals surface area contributed by atoms with Gasteiger partial charge in [0.15, 0.2) is 0 Å². The summed E-state index contributed by atoms with van der Waals surface area (Å²) in [6.07, 6.45) is 0. The van der Waals surface area contributed by atoms with Gasteiger partial charge in [-0.15, -0.1) is 0 Å². The van der Waals surface area contributed by atoms with Crippen molar-refractivity contribution in [2.24, 2.45) is 0 Å². The van der Waals surface area contributed by atoms with Gasteiger partial charge in [-0.2, -0.15) is 0 Å². The topological polar surface area (TPSA) is 68.3 Å². The normalized spacial score (nSPS) is 12.3. The highest BCUT2D eigenvalue weighted by Crippen LogP contribution is 2.46. The molecule has 124 valence electrons. The van der Waals surface area contributed by atoms with Crippen LogP contribution in [0.15, 0.2) is 58.3 Å². The Balaban J connectivity index is 2.03. The molecule has 9 heteroatoms. The summed E-state index contributed by atoms with van der Waals surface area (Å²) in [5, 5.41) is 0. The molecule has 2 aromatic carbocycles. The second kappa shape index (κ2) is 7.52. The number of hydrogen-bond donors (Lipinski definition) is 0. The molecule has 0 amide bonds. The van der Waals surface area contributed by atoms with Gasteiger partial charge in [0.1, 0.15) is 0 Å². The molecule has 2 rings (SSSR count). The van der Waals surface area contributed by atoms with E-state index in [1.165, 1.54) is 24.3 Å². The van der Waals surface area contributed by atoms with Crippen molar-refractivity contribution in [1.82, 2.24) is 0 Å². The fourth-order valence-corrected chi connectivity index (χ4v) is 13.8. The summed E-state index contributed by atoms with van der Waals surface area (Å²) in [5.41, 5.74) is 1.91. The van der Waals surface area contributed by atoms with Crippen molar-refractivity contribution in [2.45, 2.75) is 23.6 Å². The molecule has 0 heterocycles. The molecule has 0 aliphatic heterocycles. The molecule has 0 fully saturated rings. The third kappa shape index (κ3) is 5.18. The highest BCUT2D eigenvalue weighted by molar-refractivity contribution is 9.33. The van der Waals surface area contributed by atoms with Gasteiger partial charge in [-0.25, -0.2) is 16.8 Å². The Morgan fingerprint density at radius 3 is 1.22 bits per heavy atom. The van der Waals surface area contributed by atoms with Crippen LogP contribution in [0.3, 0.4) is 0 Å². The van der Waals surface area contributed by atoms with Gasteiger partial charge in [-0.1, -0.05) is 35.4 Å². The Bertz CT molecular complexity index is 794. The van der Waals surface area contributed by atoms with Gasteiger partial charge in [0.2, 0.25) is 17.7 Å². The SMILES string of the molecule is Cc1ccc(S(=O)(=O)SSSS(=O)(=O)c2ccc(C)cc2)cc1. The summed E-state index contributed by atoms with van der Waals surface area (Å²) < 4.78 is 48.6. The summed E-state index contributed by atoms with van der Waals surface area (Å²) in [6, 6.07) is 12.9. The fourth-order valence-electron chi connectivity index (χ4n) is 1.57. The van der Waals surface area contributed by atoms with E-state index in [1.807, 2.05) is 13.8 Å². The zero-order valence-corrected chi connectivity index (χ0v) is 16.4. The Labute approximate surface area is 146 Å². The summed E-state index contributed by atoms with van der Waals surface area (Å²) >= 11 is 0. The van der Waals surface area contributed by atoms with Gasteiger partial charge in [0.05, 0.1) is 29.4 Å². The van der Waals surface area contributed by atoms with Crippen molar-refractivity contribution < 1.29 is 16.8 Å². The van der Waals surface area contributed by atoms with Crippen molar-refractivity contribution in [3.63, 3.8) is 0 Å². The smallest absolute Gasteiger partial charge is 0.211 e. The molecule has 0 aliphatic rings. The van der Waals surface area contributed by atoms with E-state index in [0.717, 1.165) is 21.0 Å². The lowest BCUT2D eigenvalue weighted by Crippen LogP contribution is -1.94. The van der Waals surface area contributed by atoms with Gasteiger partial charge < -0.3 is 0 Å². The van der Waals surface area contributed by atoms with Gasteiger partial charge in [-0.3, -0.25) is 0 Å². The predicted octanol–water partition coefficient (Wildman–Crippen LogP) is 4.41. The maximum Gasteiger partial charge on any atom is 0.240 e. The van der Waals surface area contributed by atoms with Crippen LogP contribution in [0.4, 0.5) is 0 Å². The second-order valence-electron chi connectivity index (χ2n) is 4.74. The molecule has 2 aromatic rings. The molecule has 4 nitrogen and oxygen atoms in total. The van der Waals surface area contributed by atoms with E-state index in [4.69, 9.17) is 0 Å². The van der Waals surface area contributed by atoms with E-state index in [9.17, 15) is 16.8 Å². The fraction of sp³-hybridized carbons (Fsp3) is 0.143. The lowest BCUT2D eigenvalue weighted by molar-refractivity contribution is 0.609. The second-order valence-corrected chi connectivity index (χ2v) is 15.4. The van der Waals surface area contributed by atoms with Crippen molar-refractivity contribution in [3.8, 4) is 0 Å². The molecule has 0 saturated carbocycles. The molecule has 0 aromatic heterocycles. The highest BCUT2D eigenvalue weighted by atomic mass is 33.8. The molecular weight excluding hydrogens is 392 g/mol. The van der Waals surface area contributed by atoms with E-state index in [1.54, 1.807) is 24.3 Å². The number of aryl methyl sites for hydroxylation is 2. The summed E-state index contributed by atoms with van der Waals surface area (Å²) in [4.78, 5) is 0.322. The monoisotopic (exact) mass is 406 g/mol. The van der Waals surface area contributed by atoms with Crippen molar-refractivity contribution in [1.29, 1.82) is 0 Å². The molecular formula is C14H14O4S5. The lowest BCUT2D eigenvalue weighted by Gasteiger charge is -2.04. The minimum absolute atomic E-state index is 0.161. The lowest BCUT2D eigenvalue weighted by atomic mass is 10.2. The summed E-state index contributed by atoms with van der Waals surface area (Å²) in [6.45, 7) is 3.73. The van der Waals surface area contributed by atoms with Crippen LogP contribution < -0.4 is 0 Å². The number of hydrogen-bond acceptors (Lipinski definition) is 7. The van der Waals surface area contributed by atoms with E-state index in [-0.39, 0.29) is 9.79 Å². The Morgan fingerprint density at radius 1 is 0.609 bits per heavy atom. The molecule has 0 saturated heterocycles. The third-order valence-corrected chi connectivity index (χ3v) is 14.8. The minimum Gasteiger partial charge on any atom is -0.211 e. The van der Waals surface area contributed by atoms with Gasteiger partial charge in [-0.05, 0) is 38.1 Å². The Kier molecular flexibility index (Phi) is 6.12. The standard InChI is InChI=1S/C14H14O4S5/c1-11-3-7-13(8-4-11)22(15,16)20-19-21-23(17,18)14-9-5-12(2)6-10-14/h3-10H,1-2H3. The molecule has 23 heavy (non-hydrogen) atoms. The van der Waals surface area contributed by atoms with Crippen LogP contribution in [-0.4, -0.2) is 16.8 Å². The van der Waals surface area contributed by atoms with Gasteiger partial charge in [0.25, 0.3) is 0 Å². The summed E-state index contributed by atoms with van der Waals surface area (Å²) in [5.74, 6) is 0. The van der Waals surface area contributed by atoms with E-state index >= 15 is 0 Å². The molecule has 0 unspecified atom stereocenters. The average Bonchev–Trinajstić information content (AvgIpc) is 2.47. The molecule has 0 aliphatic carbocycles. The first-order chi connectivity index (χ1) is 10.7. The zero-order chi connectivity index (χ0) is 17.1. The molecule has 0 spiro atoms. The predicted molar refractivity (Wildman–Crippen MR) is 99.5 cm³/mol. The van der Waals surface area contributed by atoms with Crippen LogP contribution in [0.1, 0.15) is 11.1 Å². The molecule has 0 bridgehead atoms. The molecule has 0 atom stereocenters. The van der Waals surface area contributed by atoms with E-state index < -0.39 is 17.7 Å². The minimum atomic E-state index is -3.59. The van der Waals surface area contributed by atoms with E-state index in [0.29, 0.717) is 19.7 Å². The zero-order valence-electron chi connectivity index (χ0n) is 12.3. The largest absolute Gasteiger partial charge is 0.240 e. The van der Waals surface area contributed by atoms with E-state index in [2.05, 4.69) is 0 Å². The van der Waals surface area contributed by atoms with Crippen LogP contribution in [0.25, 0.3) is 0 Å². The Morgan fingerprint density at radius 2 is 0.913 bits per heavy atom.